The van der Waals surface area contributed by atoms with Crippen LogP contribution in [0.5, 0.6) is 0 Å². The number of nitrogens with zero attached hydrogens (tertiary/aromatic N) is 2. The number of halogens is 2. The summed E-state index contributed by atoms with van der Waals surface area (Å²) >= 11 is 0. The fourth-order valence-electron chi connectivity index (χ4n) is 4.13. The zero-order valence-corrected chi connectivity index (χ0v) is 15.1. The molecule has 1 aromatic rings. The lowest BCUT2D eigenvalue weighted by atomic mass is 9.88. The van der Waals surface area contributed by atoms with E-state index in [1.807, 2.05) is 18.5 Å². The van der Waals surface area contributed by atoms with Crippen LogP contribution in [0.4, 0.5) is 8.78 Å². The molecule has 0 unspecified atom stereocenters. The van der Waals surface area contributed by atoms with E-state index in [9.17, 15) is 13.9 Å². The molecule has 4 rings (SSSR count). The lowest BCUT2D eigenvalue weighted by Crippen LogP contribution is -2.38. The third-order valence-electron chi connectivity index (χ3n) is 5.39. The van der Waals surface area contributed by atoms with Crippen LogP contribution in [0.1, 0.15) is 68.9 Å². The molecule has 2 fully saturated rings. The van der Waals surface area contributed by atoms with Gasteiger partial charge >= 0.3 is 0 Å². The maximum absolute atomic E-state index is 13.4. The Kier molecular flexibility index (Phi) is 5.46. The summed E-state index contributed by atoms with van der Waals surface area (Å²) in [4.78, 5) is 0. The van der Waals surface area contributed by atoms with Crippen LogP contribution >= 0.6 is 0 Å². The van der Waals surface area contributed by atoms with Crippen molar-refractivity contribution >= 4 is 0 Å². The van der Waals surface area contributed by atoms with Gasteiger partial charge in [-0.05, 0) is 24.8 Å². The Balaban J connectivity index is 0.000000880. The molecule has 25 heavy (non-hydrogen) atoms. The second-order valence-corrected chi connectivity index (χ2v) is 6.85. The SMILES string of the molecule is CC.OCc1nn(C2CCC(F)(F)CC2)c2c1CCC1(C2)OCCO1. The van der Waals surface area contributed by atoms with Crippen molar-refractivity contribution < 1.29 is 23.4 Å². The maximum atomic E-state index is 13.4. The largest absolute Gasteiger partial charge is 0.390 e. The van der Waals surface area contributed by atoms with Crippen molar-refractivity contribution in [3.63, 3.8) is 0 Å². The standard InChI is InChI=1S/C16H22F2N2O3.C2H6/c17-15(18)4-1-11(2-5-15)20-14-9-16(22-7-8-23-16)6-3-12(14)13(10-21)19-20;1-2/h11,21H,1-10H2;1-2H3. The van der Waals surface area contributed by atoms with Crippen LogP contribution in [0.15, 0.2) is 0 Å². The van der Waals surface area contributed by atoms with Gasteiger partial charge in [0.05, 0.1) is 31.6 Å². The van der Waals surface area contributed by atoms with E-state index in [0.29, 0.717) is 38.2 Å². The molecule has 0 bridgehead atoms. The topological polar surface area (TPSA) is 56.5 Å². The third kappa shape index (κ3) is 3.59. The smallest absolute Gasteiger partial charge is 0.248 e. The van der Waals surface area contributed by atoms with Crippen LogP contribution in [-0.4, -0.2) is 39.8 Å². The van der Waals surface area contributed by atoms with E-state index in [1.54, 1.807) is 0 Å². The summed E-state index contributed by atoms with van der Waals surface area (Å²) in [5.74, 6) is -3.14. The summed E-state index contributed by atoms with van der Waals surface area (Å²) in [5, 5.41) is 14.1. The van der Waals surface area contributed by atoms with Crippen LogP contribution in [0.25, 0.3) is 0 Å². The number of ether oxygens (including phenoxy) is 2. The molecule has 0 amide bonds. The average Bonchev–Trinajstić information content (AvgIpc) is 3.21. The van der Waals surface area contributed by atoms with Gasteiger partial charge in [0.2, 0.25) is 5.92 Å². The molecule has 1 saturated heterocycles. The van der Waals surface area contributed by atoms with E-state index in [4.69, 9.17) is 9.47 Å². The number of rotatable bonds is 2. The summed E-state index contributed by atoms with van der Waals surface area (Å²) in [5.41, 5.74) is 2.72. The van der Waals surface area contributed by atoms with Crippen LogP contribution in [0.2, 0.25) is 0 Å². The van der Waals surface area contributed by atoms with E-state index < -0.39 is 11.7 Å². The lowest BCUT2D eigenvalue weighted by molar-refractivity contribution is -0.165. The lowest BCUT2D eigenvalue weighted by Gasteiger charge is -2.34. The number of alkyl halides is 2. The normalized spacial score (nSPS) is 24.7. The van der Waals surface area contributed by atoms with Gasteiger partial charge in [0.1, 0.15) is 0 Å². The Hall–Kier alpha value is -1.05. The molecule has 1 aromatic heterocycles. The molecule has 0 atom stereocenters. The van der Waals surface area contributed by atoms with Crippen molar-refractivity contribution in [1.29, 1.82) is 0 Å². The Morgan fingerprint density at radius 2 is 1.80 bits per heavy atom. The van der Waals surface area contributed by atoms with Gasteiger partial charge in [-0.3, -0.25) is 4.68 Å². The van der Waals surface area contributed by atoms with Gasteiger partial charge in [-0.25, -0.2) is 8.78 Å². The van der Waals surface area contributed by atoms with Crippen LogP contribution in [0.3, 0.4) is 0 Å². The number of fused-ring (bicyclic) bond motifs is 1. The maximum Gasteiger partial charge on any atom is 0.248 e. The fraction of sp³-hybridized carbons (Fsp3) is 0.833. The predicted molar refractivity (Wildman–Crippen MR) is 88.6 cm³/mol. The summed E-state index contributed by atoms with van der Waals surface area (Å²) in [6, 6.07) is -0.0276. The van der Waals surface area contributed by atoms with E-state index >= 15 is 0 Å². The predicted octanol–water partition coefficient (Wildman–Crippen LogP) is 3.38. The molecule has 3 aliphatic rings. The second kappa shape index (κ2) is 7.29. The first kappa shape index (κ1) is 18.7. The molecule has 2 heterocycles. The summed E-state index contributed by atoms with van der Waals surface area (Å²) in [7, 11) is 0. The van der Waals surface area contributed by atoms with Crippen LogP contribution in [-0.2, 0) is 28.9 Å². The quantitative estimate of drug-likeness (QED) is 0.881. The van der Waals surface area contributed by atoms with Crippen molar-refractivity contribution in [2.45, 2.75) is 83.2 Å². The Morgan fingerprint density at radius 1 is 1.16 bits per heavy atom. The number of hydrogen-bond acceptors (Lipinski definition) is 4. The molecule has 1 aliphatic heterocycles. The summed E-state index contributed by atoms with van der Waals surface area (Å²) in [6.07, 6.45) is 2.72. The molecule has 1 N–H and O–H groups in total. The molecule has 1 spiro atoms. The zero-order valence-electron chi connectivity index (χ0n) is 15.1. The second-order valence-electron chi connectivity index (χ2n) is 6.85. The van der Waals surface area contributed by atoms with E-state index in [-0.39, 0.29) is 25.5 Å². The molecule has 5 nitrogen and oxygen atoms in total. The molecular formula is C18H28F2N2O3. The van der Waals surface area contributed by atoms with Gasteiger partial charge in [-0.1, -0.05) is 13.8 Å². The minimum Gasteiger partial charge on any atom is -0.390 e. The van der Waals surface area contributed by atoms with Crippen molar-refractivity contribution in [3.8, 4) is 0 Å². The van der Waals surface area contributed by atoms with E-state index in [2.05, 4.69) is 5.10 Å². The Labute approximate surface area is 147 Å². The number of aliphatic hydroxyl groups is 1. The molecule has 2 aliphatic carbocycles. The van der Waals surface area contributed by atoms with Crippen molar-refractivity contribution in [2.75, 3.05) is 13.2 Å². The molecule has 0 aromatic carbocycles. The highest BCUT2D eigenvalue weighted by molar-refractivity contribution is 5.31. The molecular weight excluding hydrogens is 330 g/mol. The van der Waals surface area contributed by atoms with Gasteiger partial charge in [-0.15, -0.1) is 0 Å². The van der Waals surface area contributed by atoms with E-state index in [1.165, 1.54) is 0 Å². The van der Waals surface area contributed by atoms with Gasteiger partial charge < -0.3 is 14.6 Å². The number of aromatic nitrogens is 2. The van der Waals surface area contributed by atoms with Gasteiger partial charge in [0.15, 0.2) is 5.79 Å². The van der Waals surface area contributed by atoms with E-state index in [0.717, 1.165) is 24.1 Å². The Morgan fingerprint density at radius 3 is 2.40 bits per heavy atom. The summed E-state index contributed by atoms with van der Waals surface area (Å²) < 4.78 is 40.4. The van der Waals surface area contributed by atoms with Gasteiger partial charge in [-0.2, -0.15) is 5.10 Å². The summed E-state index contributed by atoms with van der Waals surface area (Å²) in [6.45, 7) is 5.06. The first-order valence-electron chi connectivity index (χ1n) is 9.38. The van der Waals surface area contributed by atoms with Gasteiger partial charge in [0.25, 0.3) is 0 Å². The van der Waals surface area contributed by atoms with Crippen LogP contribution in [0, 0.1) is 0 Å². The van der Waals surface area contributed by atoms with Crippen molar-refractivity contribution in [1.82, 2.24) is 9.78 Å². The third-order valence-corrected chi connectivity index (χ3v) is 5.39. The highest BCUT2D eigenvalue weighted by Crippen LogP contribution is 2.42. The molecule has 142 valence electrons. The minimum atomic E-state index is -2.55. The first-order chi connectivity index (χ1) is 12.0. The van der Waals surface area contributed by atoms with Gasteiger partial charge in [0, 0.05) is 31.4 Å². The van der Waals surface area contributed by atoms with Crippen LogP contribution < -0.4 is 0 Å². The number of hydrogen-bond donors (Lipinski definition) is 1. The highest BCUT2D eigenvalue weighted by atomic mass is 19.3. The molecule has 7 heteroatoms. The number of aliphatic hydroxyl groups excluding tert-OH is 1. The Bertz CT molecular complexity index is 587. The van der Waals surface area contributed by atoms with Crippen molar-refractivity contribution in [3.05, 3.63) is 17.0 Å². The molecule has 1 saturated carbocycles. The highest BCUT2D eigenvalue weighted by Gasteiger charge is 2.44. The molecule has 0 radical (unpaired) electrons. The first-order valence-corrected chi connectivity index (χ1v) is 9.38. The monoisotopic (exact) mass is 358 g/mol. The minimum absolute atomic E-state index is 0.0276. The average molecular weight is 358 g/mol. The van der Waals surface area contributed by atoms with Crippen molar-refractivity contribution in [2.24, 2.45) is 0 Å². The zero-order chi connectivity index (χ0) is 18.1. The fourth-order valence-corrected chi connectivity index (χ4v) is 4.13.